The molecule has 0 aromatic heterocycles. The zero-order chi connectivity index (χ0) is 38.5. The molecule has 0 aromatic carbocycles. The lowest BCUT2D eigenvalue weighted by atomic mass is 10.0. The van der Waals surface area contributed by atoms with Gasteiger partial charge >= 0.3 is 17.9 Å². The normalized spacial score (nSPS) is 12.9. The van der Waals surface area contributed by atoms with Crippen LogP contribution in [-0.2, 0) is 28.6 Å². The first-order valence-corrected chi connectivity index (χ1v) is 22.1. The van der Waals surface area contributed by atoms with Crippen LogP contribution in [-0.4, -0.2) is 80.6 Å². The van der Waals surface area contributed by atoms with Crippen molar-refractivity contribution in [3.63, 3.8) is 0 Å². The predicted octanol–water partition coefficient (Wildman–Crippen LogP) is 11.8. The Hall–Kier alpha value is -1.67. The van der Waals surface area contributed by atoms with Crippen molar-refractivity contribution in [3.05, 3.63) is 0 Å². The summed E-state index contributed by atoms with van der Waals surface area (Å²) in [6.45, 7) is 4.77. The fourth-order valence-electron chi connectivity index (χ4n) is 6.80. The summed E-state index contributed by atoms with van der Waals surface area (Å²) in [5, 5.41) is 9.61. The number of hydrogen-bond donors (Lipinski definition) is 1. The topological polar surface area (TPSA) is 99.1 Å². The summed E-state index contributed by atoms with van der Waals surface area (Å²) in [7, 11) is 5.54. The number of carbonyl (C=O) groups excluding carboxylic acids is 2. The van der Waals surface area contributed by atoms with E-state index in [1.807, 2.05) is 21.1 Å². The van der Waals surface area contributed by atoms with Crippen LogP contribution in [0.2, 0.25) is 0 Å². The van der Waals surface area contributed by atoms with E-state index < -0.39 is 18.1 Å². The largest absolute Gasteiger partial charge is 0.477 e. The van der Waals surface area contributed by atoms with E-state index in [2.05, 4.69) is 13.8 Å². The molecule has 0 fully saturated rings. The molecule has 0 saturated heterocycles. The number of esters is 2. The van der Waals surface area contributed by atoms with Gasteiger partial charge in [-0.25, -0.2) is 4.79 Å². The molecule has 308 valence electrons. The van der Waals surface area contributed by atoms with Crippen LogP contribution in [0.5, 0.6) is 0 Å². The average Bonchev–Trinajstić information content (AvgIpc) is 3.09. The Morgan fingerprint density at radius 2 is 0.846 bits per heavy atom. The standard InChI is InChI=1S/C44H85NO7/c1-6-8-10-12-14-16-18-20-21-23-24-26-28-30-32-34-42(46)51-39-40(38-50-37-36-41(44(48)49)45(3,4)5)52-43(47)35-33-31-29-27-25-22-19-17-15-13-11-9-7-2/h40-41H,6-39H2,1-5H3/p+1. The maximum Gasteiger partial charge on any atom is 0.362 e. The fraction of sp³-hybridized carbons (Fsp3) is 0.932. The maximum atomic E-state index is 12.7. The minimum Gasteiger partial charge on any atom is -0.477 e. The Labute approximate surface area is 321 Å². The van der Waals surface area contributed by atoms with E-state index >= 15 is 0 Å². The number of likely N-dealkylation sites (N-methyl/N-ethyl adjacent to an activating group) is 1. The summed E-state index contributed by atoms with van der Waals surface area (Å²) in [6.07, 6.45) is 35.6. The molecule has 52 heavy (non-hydrogen) atoms. The van der Waals surface area contributed by atoms with Crippen molar-refractivity contribution in [1.82, 2.24) is 0 Å². The third-order valence-electron chi connectivity index (χ3n) is 10.3. The monoisotopic (exact) mass is 741 g/mol. The third kappa shape index (κ3) is 34.1. The second-order valence-corrected chi connectivity index (χ2v) is 16.3. The van der Waals surface area contributed by atoms with Gasteiger partial charge in [0.1, 0.15) is 6.61 Å². The quantitative estimate of drug-likeness (QED) is 0.0379. The van der Waals surface area contributed by atoms with Crippen LogP contribution in [0.25, 0.3) is 0 Å². The van der Waals surface area contributed by atoms with Crippen LogP contribution in [0.15, 0.2) is 0 Å². The molecule has 8 heteroatoms. The van der Waals surface area contributed by atoms with Crippen LogP contribution in [0.1, 0.15) is 213 Å². The summed E-state index contributed by atoms with van der Waals surface area (Å²) in [4.78, 5) is 36.9. The number of hydrogen-bond acceptors (Lipinski definition) is 6. The molecule has 0 heterocycles. The van der Waals surface area contributed by atoms with Gasteiger partial charge in [0.15, 0.2) is 12.1 Å². The number of aliphatic carboxylic acids is 1. The summed E-state index contributed by atoms with van der Waals surface area (Å²) >= 11 is 0. The molecule has 0 amide bonds. The molecule has 2 atom stereocenters. The molecule has 0 aliphatic carbocycles. The lowest BCUT2D eigenvalue weighted by Gasteiger charge is -2.31. The molecule has 0 bridgehead atoms. The van der Waals surface area contributed by atoms with Crippen molar-refractivity contribution >= 4 is 17.9 Å². The SMILES string of the molecule is CCCCCCCCCCCCCCCCCC(=O)OCC(COCCC(C(=O)O)[N+](C)(C)C)OC(=O)CCCCCCCCCCCCCCC. The van der Waals surface area contributed by atoms with Gasteiger partial charge in [-0.15, -0.1) is 0 Å². The third-order valence-corrected chi connectivity index (χ3v) is 10.3. The van der Waals surface area contributed by atoms with Crippen molar-refractivity contribution in [3.8, 4) is 0 Å². The Morgan fingerprint density at radius 1 is 0.500 bits per heavy atom. The van der Waals surface area contributed by atoms with Crippen LogP contribution >= 0.6 is 0 Å². The van der Waals surface area contributed by atoms with Gasteiger partial charge in [0.05, 0.1) is 34.4 Å². The minimum absolute atomic E-state index is 0.0421. The molecular weight excluding hydrogens is 654 g/mol. The van der Waals surface area contributed by atoms with E-state index in [0.29, 0.717) is 19.3 Å². The van der Waals surface area contributed by atoms with Gasteiger partial charge in [-0.3, -0.25) is 9.59 Å². The number of nitrogens with zero attached hydrogens (tertiary/aromatic N) is 1. The van der Waals surface area contributed by atoms with Gasteiger partial charge in [-0.05, 0) is 12.8 Å². The number of rotatable bonds is 40. The molecule has 0 saturated carbocycles. The Morgan fingerprint density at radius 3 is 1.19 bits per heavy atom. The molecule has 0 rings (SSSR count). The number of quaternary nitrogens is 1. The Kier molecular flexibility index (Phi) is 35.1. The van der Waals surface area contributed by atoms with E-state index in [4.69, 9.17) is 14.2 Å². The smallest absolute Gasteiger partial charge is 0.362 e. The Balaban J connectivity index is 4.30. The van der Waals surface area contributed by atoms with Gasteiger partial charge < -0.3 is 23.8 Å². The average molecular weight is 741 g/mol. The first-order valence-electron chi connectivity index (χ1n) is 22.1. The van der Waals surface area contributed by atoms with Gasteiger partial charge in [0.2, 0.25) is 0 Å². The number of carboxylic acids is 1. The van der Waals surface area contributed by atoms with E-state index in [1.165, 1.54) is 141 Å². The highest BCUT2D eigenvalue weighted by atomic mass is 16.6. The second-order valence-electron chi connectivity index (χ2n) is 16.3. The molecule has 0 aliphatic rings. The number of carboxylic acid groups (broad SMARTS) is 1. The van der Waals surface area contributed by atoms with Crippen molar-refractivity contribution < 1.29 is 38.2 Å². The lowest BCUT2D eigenvalue weighted by Crippen LogP contribution is -2.50. The van der Waals surface area contributed by atoms with E-state index in [0.717, 1.165) is 38.5 Å². The number of carbonyl (C=O) groups is 3. The summed E-state index contributed by atoms with van der Waals surface area (Å²) in [6, 6.07) is -0.607. The lowest BCUT2D eigenvalue weighted by molar-refractivity contribution is -0.887. The summed E-state index contributed by atoms with van der Waals surface area (Å²) < 4.78 is 17.3. The molecule has 0 aliphatic heterocycles. The zero-order valence-corrected chi connectivity index (χ0v) is 35.0. The molecular formula is C44H86NO7+. The van der Waals surface area contributed by atoms with E-state index in [9.17, 15) is 19.5 Å². The van der Waals surface area contributed by atoms with Crippen molar-refractivity contribution in [2.45, 2.75) is 225 Å². The summed E-state index contributed by atoms with van der Waals surface area (Å²) in [5.74, 6) is -1.45. The number of unbranched alkanes of at least 4 members (excludes halogenated alkanes) is 26. The maximum absolute atomic E-state index is 12.7. The van der Waals surface area contributed by atoms with Crippen LogP contribution in [0.3, 0.4) is 0 Å². The van der Waals surface area contributed by atoms with Crippen molar-refractivity contribution in [2.24, 2.45) is 0 Å². The minimum atomic E-state index is -0.871. The summed E-state index contributed by atoms with van der Waals surface area (Å²) in [5.41, 5.74) is 0. The number of ether oxygens (including phenoxy) is 3. The highest BCUT2D eigenvalue weighted by Gasteiger charge is 2.31. The van der Waals surface area contributed by atoms with Crippen LogP contribution in [0.4, 0.5) is 0 Å². The highest BCUT2D eigenvalue weighted by molar-refractivity contribution is 5.72. The van der Waals surface area contributed by atoms with Gasteiger partial charge in [0.25, 0.3) is 0 Å². The van der Waals surface area contributed by atoms with Crippen LogP contribution < -0.4 is 0 Å². The molecule has 1 N–H and O–H groups in total. The first kappa shape index (κ1) is 50.3. The first-order chi connectivity index (χ1) is 25.1. The molecule has 0 radical (unpaired) electrons. The highest BCUT2D eigenvalue weighted by Crippen LogP contribution is 2.16. The van der Waals surface area contributed by atoms with E-state index in [-0.39, 0.29) is 36.2 Å². The predicted molar refractivity (Wildman–Crippen MR) is 216 cm³/mol. The van der Waals surface area contributed by atoms with Crippen molar-refractivity contribution in [1.29, 1.82) is 0 Å². The zero-order valence-electron chi connectivity index (χ0n) is 35.0. The van der Waals surface area contributed by atoms with Crippen LogP contribution in [0, 0.1) is 0 Å². The van der Waals surface area contributed by atoms with Gasteiger partial charge in [-0.1, -0.05) is 181 Å². The van der Waals surface area contributed by atoms with E-state index in [1.54, 1.807) is 0 Å². The molecule has 0 aromatic rings. The fourth-order valence-corrected chi connectivity index (χ4v) is 6.80. The van der Waals surface area contributed by atoms with Gasteiger partial charge in [-0.2, -0.15) is 0 Å². The second kappa shape index (κ2) is 36.3. The molecule has 0 spiro atoms. The molecule has 8 nitrogen and oxygen atoms in total. The Bertz CT molecular complexity index is 828. The van der Waals surface area contributed by atoms with Crippen molar-refractivity contribution in [2.75, 3.05) is 41.0 Å². The van der Waals surface area contributed by atoms with Gasteiger partial charge in [0, 0.05) is 19.3 Å². The molecule has 2 unspecified atom stereocenters.